The van der Waals surface area contributed by atoms with Crippen molar-refractivity contribution in [2.45, 2.75) is 45.1 Å². The monoisotopic (exact) mass is 447 g/mol. The van der Waals surface area contributed by atoms with Crippen LogP contribution in [0.2, 0.25) is 0 Å². The number of nitriles is 1. The number of hydrogen-bond acceptors (Lipinski definition) is 7. The van der Waals surface area contributed by atoms with Gasteiger partial charge in [0, 0.05) is 37.7 Å². The quantitative estimate of drug-likeness (QED) is 0.620. The number of ether oxygens (including phenoxy) is 1. The molecule has 1 aliphatic heterocycles. The molecule has 8 nitrogen and oxygen atoms in total. The molecular formula is C22H33N5O3S. The molecule has 0 bridgehead atoms. The van der Waals surface area contributed by atoms with E-state index >= 15 is 0 Å². The van der Waals surface area contributed by atoms with Gasteiger partial charge in [-0.3, -0.25) is 9.69 Å². The minimum atomic E-state index is -0.344. The summed E-state index contributed by atoms with van der Waals surface area (Å²) in [6.07, 6.45) is 4.04. The molecule has 1 fully saturated rings. The van der Waals surface area contributed by atoms with Crippen molar-refractivity contribution < 1.29 is 14.3 Å². The van der Waals surface area contributed by atoms with Gasteiger partial charge in [0.1, 0.15) is 11.1 Å². The van der Waals surface area contributed by atoms with Crippen LogP contribution in [0.5, 0.6) is 0 Å². The van der Waals surface area contributed by atoms with Crippen molar-refractivity contribution in [3.63, 3.8) is 0 Å². The number of likely N-dealkylation sites (N-methyl/N-ethyl adjacent to an activating group) is 1. The number of unbranched alkanes of at least 4 members (excludes halogenated alkanes) is 1. The first-order valence-corrected chi connectivity index (χ1v) is 11.8. The molecular weight excluding hydrogens is 414 g/mol. The summed E-state index contributed by atoms with van der Waals surface area (Å²) < 4.78 is 5.00. The van der Waals surface area contributed by atoms with Crippen LogP contribution in [0.15, 0.2) is 0 Å². The van der Waals surface area contributed by atoms with Crippen molar-refractivity contribution in [3.05, 3.63) is 16.0 Å². The normalized spacial score (nSPS) is 22.8. The molecule has 170 valence electrons. The van der Waals surface area contributed by atoms with E-state index in [-0.39, 0.29) is 23.8 Å². The number of carbonyl (C=O) groups is 2. The van der Waals surface area contributed by atoms with Crippen LogP contribution in [0.1, 0.15) is 42.2 Å². The number of amides is 3. The predicted molar refractivity (Wildman–Crippen MR) is 121 cm³/mol. The average Bonchev–Trinajstić information content (AvgIpc) is 3.06. The number of nitrogens with zero attached hydrogens (tertiary/aromatic N) is 3. The van der Waals surface area contributed by atoms with Crippen molar-refractivity contribution in [2.75, 3.05) is 46.1 Å². The van der Waals surface area contributed by atoms with E-state index in [0.29, 0.717) is 42.8 Å². The van der Waals surface area contributed by atoms with Gasteiger partial charge in [0.2, 0.25) is 5.91 Å². The molecule has 3 N–H and O–H groups in total. The molecule has 1 aromatic heterocycles. The maximum atomic E-state index is 13.4. The van der Waals surface area contributed by atoms with Gasteiger partial charge in [0.05, 0.1) is 18.1 Å². The van der Waals surface area contributed by atoms with Crippen LogP contribution in [-0.2, 0) is 22.4 Å². The number of urea groups is 1. The third kappa shape index (κ3) is 5.03. The molecule has 0 unspecified atom stereocenters. The second kappa shape index (κ2) is 10.4. The van der Waals surface area contributed by atoms with Crippen LogP contribution in [0.4, 0.5) is 9.80 Å². The fourth-order valence-electron chi connectivity index (χ4n) is 4.85. The first kappa shape index (κ1) is 23.5. The molecule has 1 aliphatic carbocycles. The van der Waals surface area contributed by atoms with Crippen LogP contribution in [0, 0.1) is 23.2 Å². The maximum Gasteiger partial charge on any atom is 0.324 e. The van der Waals surface area contributed by atoms with Gasteiger partial charge in [-0.1, -0.05) is 13.3 Å². The SMILES string of the molecule is CCCCN(C(=O)NCCOC)C(=O)[C@@H]1C[C@@H]2Cc3c(sc(N)c3C#N)C[C@H]2N(C)C1. The number of piperidine rings is 1. The van der Waals surface area contributed by atoms with E-state index in [0.717, 1.165) is 37.7 Å². The van der Waals surface area contributed by atoms with E-state index in [4.69, 9.17) is 10.5 Å². The molecule has 2 heterocycles. The van der Waals surface area contributed by atoms with E-state index in [1.807, 2.05) is 6.92 Å². The van der Waals surface area contributed by atoms with Gasteiger partial charge in [-0.2, -0.15) is 5.26 Å². The lowest BCUT2D eigenvalue weighted by molar-refractivity contribution is -0.136. The summed E-state index contributed by atoms with van der Waals surface area (Å²) in [5.74, 6) is -0.0740. The second-order valence-electron chi connectivity index (χ2n) is 8.53. The highest BCUT2D eigenvalue weighted by Gasteiger charge is 2.43. The molecule has 3 rings (SSSR count). The Kier molecular flexibility index (Phi) is 7.92. The van der Waals surface area contributed by atoms with Gasteiger partial charge < -0.3 is 20.7 Å². The number of imide groups is 1. The van der Waals surface area contributed by atoms with Crippen molar-refractivity contribution in [1.29, 1.82) is 5.26 Å². The Bertz CT molecular complexity index is 849. The van der Waals surface area contributed by atoms with Crippen molar-refractivity contribution in [3.8, 4) is 6.07 Å². The minimum absolute atomic E-state index is 0.107. The third-order valence-corrected chi connectivity index (χ3v) is 7.56. The Hall–Kier alpha value is -2.15. The van der Waals surface area contributed by atoms with Gasteiger partial charge >= 0.3 is 6.03 Å². The van der Waals surface area contributed by atoms with E-state index in [1.54, 1.807) is 7.11 Å². The van der Waals surface area contributed by atoms with E-state index in [9.17, 15) is 14.9 Å². The summed E-state index contributed by atoms with van der Waals surface area (Å²) in [7, 11) is 3.63. The molecule has 1 saturated heterocycles. The van der Waals surface area contributed by atoms with E-state index in [2.05, 4.69) is 23.3 Å². The van der Waals surface area contributed by atoms with Crippen molar-refractivity contribution in [1.82, 2.24) is 15.1 Å². The Balaban J connectivity index is 1.74. The number of thiophene rings is 1. The predicted octanol–water partition coefficient (Wildman–Crippen LogP) is 2.22. The summed E-state index contributed by atoms with van der Waals surface area (Å²) in [5.41, 5.74) is 7.74. The number of likely N-dealkylation sites (tertiary alicyclic amines) is 1. The Morgan fingerprint density at radius 3 is 2.87 bits per heavy atom. The number of rotatable bonds is 7. The third-order valence-electron chi connectivity index (χ3n) is 6.47. The van der Waals surface area contributed by atoms with E-state index in [1.165, 1.54) is 21.1 Å². The molecule has 2 aliphatic rings. The lowest BCUT2D eigenvalue weighted by Crippen LogP contribution is -2.55. The van der Waals surface area contributed by atoms with Gasteiger partial charge in [-0.25, -0.2) is 4.79 Å². The smallest absolute Gasteiger partial charge is 0.324 e. The van der Waals surface area contributed by atoms with Crippen LogP contribution >= 0.6 is 11.3 Å². The summed E-state index contributed by atoms with van der Waals surface area (Å²) in [5, 5.41) is 12.9. The van der Waals surface area contributed by atoms with Gasteiger partial charge in [-0.05, 0) is 44.2 Å². The zero-order chi connectivity index (χ0) is 22.5. The highest BCUT2D eigenvalue weighted by Crippen LogP contribution is 2.42. The van der Waals surface area contributed by atoms with Gasteiger partial charge in [0.25, 0.3) is 0 Å². The standard InChI is InChI=1S/C22H33N5O3S/c1-4-5-7-27(22(29)25-6-8-30-3)21(28)15-9-14-10-16-17(12-23)20(24)31-19(16)11-18(14)26(2)13-15/h14-15,18H,4-11,13,24H2,1-3H3,(H,25,29)/t14-,15-,18-/m1/s1. The number of hydrogen-bond donors (Lipinski definition) is 2. The summed E-state index contributed by atoms with van der Waals surface area (Å²) >= 11 is 1.52. The molecule has 0 spiro atoms. The van der Waals surface area contributed by atoms with Gasteiger partial charge in [0.15, 0.2) is 0 Å². The van der Waals surface area contributed by atoms with Crippen molar-refractivity contribution in [2.24, 2.45) is 11.8 Å². The molecule has 0 saturated carbocycles. The topological polar surface area (TPSA) is 112 Å². The van der Waals surface area contributed by atoms with Crippen LogP contribution < -0.4 is 11.1 Å². The van der Waals surface area contributed by atoms with Crippen molar-refractivity contribution >= 4 is 28.3 Å². The first-order valence-electron chi connectivity index (χ1n) is 11.0. The second-order valence-corrected chi connectivity index (χ2v) is 9.67. The highest BCUT2D eigenvalue weighted by molar-refractivity contribution is 7.16. The number of fused-ring (bicyclic) bond motifs is 2. The molecule has 3 amide bonds. The molecule has 1 aromatic rings. The molecule has 9 heteroatoms. The number of nitrogens with one attached hydrogen (secondary N) is 1. The number of carbonyl (C=O) groups excluding carboxylic acids is 2. The summed E-state index contributed by atoms with van der Waals surface area (Å²) in [6.45, 7) is 3.88. The highest BCUT2D eigenvalue weighted by atomic mass is 32.1. The number of nitrogens with two attached hydrogens (primary N) is 1. The first-order chi connectivity index (χ1) is 14.9. The fraction of sp³-hybridized carbons (Fsp3) is 0.682. The lowest BCUT2D eigenvalue weighted by atomic mass is 9.74. The zero-order valence-electron chi connectivity index (χ0n) is 18.6. The maximum absolute atomic E-state index is 13.4. The number of methoxy groups -OCH3 is 1. The molecule has 0 aromatic carbocycles. The minimum Gasteiger partial charge on any atom is -0.389 e. The van der Waals surface area contributed by atoms with Crippen LogP contribution in [-0.4, -0.2) is 68.2 Å². The average molecular weight is 448 g/mol. The van der Waals surface area contributed by atoms with Gasteiger partial charge in [-0.15, -0.1) is 11.3 Å². The fourth-order valence-corrected chi connectivity index (χ4v) is 5.95. The molecule has 31 heavy (non-hydrogen) atoms. The number of nitrogen functional groups attached to an aromatic ring is 1. The molecule has 3 atom stereocenters. The lowest BCUT2D eigenvalue weighted by Gasteiger charge is -2.45. The zero-order valence-corrected chi connectivity index (χ0v) is 19.5. The Morgan fingerprint density at radius 1 is 1.42 bits per heavy atom. The number of anilines is 1. The van der Waals surface area contributed by atoms with Crippen LogP contribution in [0.3, 0.4) is 0 Å². The summed E-state index contributed by atoms with van der Waals surface area (Å²) in [6, 6.07) is 2.25. The largest absolute Gasteiger partial charge is 0.389 e. The van der Waals surface area contributed by atoms with E-state index < -0.39 is 0 Å². The Morgan fingerprint density at radius 2 is 2.19 bits per heavy atom. The Labute approximate surface area is 188 Å². The molecule has 0 radical (unpaired) electrons. The summed E-state index contributed by atoms with van der Waals surface area (Å²) in [4.78, 5) is 30.9. The van der Waals surface area contributed by atoms with Crippen LogP contribution in [0.25, 0.3) is 0 Å².